The molecular weight excluding hydrogens is 288 g/mol. The van der Waals surface area contributed by atoms with Crippen LogP contribution < -0.4 is 0 Å². The van der Waals surface area contributed by atoms with Gasteiger partial charge in [-0.15, -0.1) is 11.6 Å². The van der Waals surface area contributed by atoms with Crippen LogP contribution in [-0.4, -0.2) is 43.6 Å². The maximum atomic E-state index is 12.4. The molecule has 1 aromatic rings. The zero-order chi connectivity index (χ0) is 14.0. The monoisotopic (exact) mass is 306 g/mol. The Labute approximate surface area is 119 Å². The van der Waals surface area contributed by atoms with Gasteiger partial charge in [0.1, 0.15) is 4.90 Å². The number of likely N-dealkylation sites (N-methyl/N-ethyl adjacent to an activating group) is 1. The highest BCUT2D eigenvalue weighted by atomic mass is 35.5. The molecule has 5 nitrogen and oxygen atoms in total. The summed E-state index contributed by atoms with van der Waals surface area (Å²) in [5.41, 5.74) is 0.783. The van der Waals surface area contributed by atoms with Crippen LogP contribution in [0.1, 0.15) is 18.5 Å². The summed E-state index contributed by atoms with van der Waals surface area (Å²) in [6, 6.07) is 1.62. The molecule has 1 aromatic heterocycles. The maximum absolute atomic E-state index is 12.4. The molecule has 108 valence electrons. The van der Waals surface area contributed by atoms with Gasteiger partial charge < -0.3 is 9.30 Å². The van der Waals surface area contributed by atoms with Crippen LogP contribution >= 0.6 is 11.6 Å². The van der Waals surface area contributed by atoms with Crippen molar-refractivity contribution in [1.29, 1.82) is 0 Å². The van der Waals surface area contributed by atoms with E-state index in [2.05, 4.69) is 0 Å². The number of aryl methyl sites for hydroxylation is 1. The second-order valence-electron chi connectivity index (χ2n) is 4.83. The van der Waals surface area contributed by atoms with Crippen molar-refractivity contribution < 1.29 is 13.2 Å². The zero-order valence-electron chi connectivity index (χ0n) is 11.2. The van der Waals surface area contributed by atoms with E-state index in [1.165, 1.54) is 4.31 Å². The highest BCUT2D eigenvalue weighted by molar-refractivity contribution is 7.89. The summed E-state index contributed by atoms with van der Waals surface area (Å²) < 4.78 is 33.4. The van der Waals surface area contributed by atoms with Crippen molar-refractivity contribution >= 4 is 21.6 Å². The number of hydrogen-bond donors (Lipinski definition) is 0. The third-order valence-electron chi connectivity index (χ3n) is 3.41. The fourth-order valence-corrected chi connectivity index (χ4v) is 3.77. The Balaban J connectivity index is 2.15. The third kappa shape index (κ3) is 3.13. The molecule has 0 saturated carbocycles. The smallest absolute Gasteiger partial charge is 0.244 e. The summed E-state index contributed by atoms with van der Waals surface area (Å²) in [6.07, 6.45) is 3.52. The predicted molar refractivity (Wildman–Crippen MR) is 73.8 cm³/mol. The van der Waals surface area contributed by atoms with Crippen molar-refractivity contribution in [2.75, 3.05) is 20.2 Å². The molecule has 1 unspecified atom stereocenters. The molecule has 1 aliphatic heterocycles. The highest BCUT2D eigenvalue weighted by Crippen LogP contribution is 2.21. The molecule has 0 aromatic carbocycles. The zero-order valence-corrected chi connectivity index (χ0v) is 12.7. The van der Waals surface area contributed by atoms with Gasteiger partial charge in [0.25, 0.3) is 0 Å². The van der Waals surface area contributed by atoms with E-state index in [1.807, 2.05) is 0 Å². The molecule has 0 bridgehead atoms. The lowest BCUT2D eigenvalue weighted by Gasteiger charge is -2.19. The highest BCUT2D eigenvalue weighted by Gasteiger charge is 2.27. The van der Waals surface area contributed by atoms with E-state index in [-0.39, 0.29) is 11.0 Å². The second-order valence-corrected chi connectivity index (χ2v) is 7.14. The molecule has 0 spiro atoms. The number of hydrogen-bond acceptors (Lipinski definition) is 3. The Morgan fingerprint density at radius 3 is 2.84 bits per heavy atom. The largest absolute Gasteiger partial charge is 0.377 e. The Hall–Kier alpha value is -0.560. The molecule has 1 fully saturated rings. The summed E-state index contributed by atoms with van der Waals surface area (Å²) in [5, 5.41) is 0. The van der Waals surface area contributed by atoms with E-state index in [0.717, 1.165) is 25.1 Å². The van der Waals surface area contributed by atoms with Gasteiger partial charge in [0, 0.05) is 39.1 Å². The lowest BCUT2D eigenvalue weighted by atomic mass is 10.2. The van der Waals surface area contributed by atoms with E-state index in [9.17, 15) is 8.42 Å². The third-order valence-corrected chi connectivity index (χ3v) is 5.48. The van der Waals surface area contributed by atoms with Gasteiger partial charge in [-0.05, 0) is 18.9 Å². The molecule has 2 rings (SSSR count). The average Bonchev–Trinajstić information content (AvgIpc) is 2.98. The number of nitrogens with zero attached hydrogens (tertiary/aromatic N) is 2. The van der Waals surface area contributed by atoms with Gasteiger partial charge in [0.05, 0.1) is 12.0 Å². The molecule has 0 aliphatic carbocycles. The minimum absolute atomic E-state index is 0.0102. The molecular formula is C12H19ClN2O3S. The molecule has 0 radical (unpaired) electrons. The summed E-state index contributed by atoms with van der Waals surface area (Å²) in [7, 11) is -0.0882. The second kappa shape index (κ2) is 5.83. The summed E-state index contributed by atoms with van der Waals surface area (Å²) in [6.45, 7) is 1.12. The van der Waals surface area contributed by atoms with Crippen LogP contribution in [0, 0.1) is 0 Å². The number of aromatic nitrogens is 1. The van der Waals surface area contributed by atoms with Crippen molar-refractivity contribution in [3.63, 3.8) is 0 Å². The summed E-state index contributed by atoms with van der Waals surface area (Å²) in [4.78, 5) is 0.283. The lowest BCUT2D eigenvalue weighted by Crippen LogP contribution is -2.33. The van der Waals surface area contributed by atoms with Crippen LogP contribution in [0.5, 0.6) is 0 Å². The van der Waals surface area contributed by atoms with E-state index in [1.54, 1.807) is 30.9 Å². The van der Waals surface area contributed by atoms with Crippen molar-refractivity contribution in [2.45, 2.75) is 29.7 Å². The quantitative estimate of drug-likeness (QED) is 0.776. The molecule has 19 heavy (non-hydrogen) atoms. The Morgan fingerprint density at radius 1 is 1.58 bits per heavy atom. The maximum Gasteiger partial charge on any atom is 0.244 e. The first-order valence-electron chi connectivity index (χ1n) is 6.24. The predicted octanol–water partition coefficient (Wildman–Crippen LogP) is 1.56. The molecule has 7 heteroatoms. The fraction of sp³-hybridized carbons (Fsp3) is 0.667. The van der Waals surface area contributed by atoms with Crippen molar-refractivity contribution in [3.8, 4) is 0 Å². The van der Waals surface area contributed by atoms with Crippen LogP contribution in [-0.2, 0) is 27.7 Å². The van der Waals surface area contributed by atoms with Crippen LogP contribution in [0.15, 0.2) is 17.2 Å². The van der Waals surface area contributed by atoms with Gasteiger partial charge in [-0.25, -0.2) is 8.42 Å². The SMILES string of the molecule is CN(CC1CCCO1)S(=O)(=O)c1cc(CCl)n(C)c1. The molecule has 1 atom stereocenters. The first-order chi connectivity index (χ1) is 8.95. The molecule has 2 heterocycles. The van der Waals surface area contributed by atoms with Crippen molar-refractivity contribution in [3.05, 3.63) is 18.0 Å². The molecule has 1 aliphatic rings. The van der Waals surface area contributed by atoms with Crippen LogP contribution in [0.25, 0.3) is 0 Å². The van der Waals surface area contributed by atoms with Gasteiger partial charge in [-0.2, -0.15) is 4.31 Å². The van der Waals surface area contributed by atoms with E-state index < -0.39 is 10.0 Å². The van der Waals surface area contributed by atoms with E-state index >= 15 is 0 Å². The lowest BCUT2D eigenvalue weighted by molar-refractivity contribution is 0.0979. The van der Waals surface area contributed by atoms with Crippen molar-refractivity contribution in [1.82, 2.24) is 8.87 Å². The summed E-state index contributed by atoms with van der Waals surface area (Å²) >= 11 is 5.76. The first kappa shape index (κ1) is 14.8. The van der Waals surface area contributed by atoms with Crippen molar-refractivity contribution in [2.24, 2.45) is 7.05 Å². The van der Waals surface area contributed by atoms with Crippen LogP contribution in [0.2, 0.25) is 0 Å². The molecule has 1 saturated heterocycles. The number of rotatable bonds is 5. The van der Waals surface area contributed by atoms with Crippen LogP contribution in [0.3, 0.4) is 0 Å². The number of sulfonamides is 1. The number of ether oxygens (including phenoxy) is 1. The van der Waals surface area contributed by atoms with Gasteiger partial charge in [0.15, 0.2) is 0 Å². The van der Waals surface area contributed by atoms with Gasteiger partial charge in [-0.3, -0.25) is 0 Å². The number of alkyl halides is 1. The Kier molecular flexibility index (Phi) is 4.55. The van der Waals surface area contributed by atoms with E-state index in [0.29, 0.717) is 12.4 Å². The normalized spacial score (nSPS) is 20.3. The van der Waals surface area contributed by atoms with Gasteiger partial charge in [0.2, 0.25) is 10.0 Å². The molecule has 0 N–H and O–H groups in total. The first-order valence-corrected chi connectivity index (χ1v) is 8.21. The van der Waals surface area contributed by atoms with E-state index in [4.69, 9.17) is 16.3 Å². The minimum Gasteiger partial charge on any atom is -0.377 e. The van der Waals surface area contributed by atoms with Crippen LogP contribution in [0.4, 0.5) is 0 Å². The molecule has 0 amide bonds. The average molecular weight is 307 g/mol. The standard InChI is InChI=1S/C12H19ClN2O3S/c1-14-9-12(6-10(14)7-13)19(16,17)15(2)8-11-4-3-5-18-11/h6,9,11H,3-5,7-8H2,1-2H3. The van der Waals surface area contributed by atoms with Gasteiger partial charge >= 0.3 is 0 Å². The topological polar surface area (TPSA) is 51.5 Å². The number of halogens is 1. The fourth-order valence-electron chi connectivity index (χ4n) is 2.20. The minimum atomic E-state index is -3.46. The van der Waals surface area contributed by atoms with Gasteiger partial charge in [-0.1, -0.05) is 0 Å². The summed E-state index contributed by atoms with van der Waals surface area (Å²) in [5.74, 6) is 0.293. The Bertz CT molecular complexity index is 535. The Morgan fingerprint density at radius 2 is 2.32 bits per heavy atom.